The Morgan fingerprint density at radius 2 is 1.67 bits per heavy atom. The molecular formula is C23H22N4O3. The first-order valence-electron chi connectivity index (χ1n) is 10.2. The predicted molar refractivity (Wildman–Crippen MR) is 115 cm³/mol. The number of nitrogens with two attached hydrogens (primary N) is 1. The minimum absolute atomic E-state index is 0.0915. The van der Waals surface area contributed by atoms with E-state index in [4.69, 9.17) is 20.4 Å². The molecule has 2 aromatic carbocycles. The summed E-state index contributed by atoms with van der Waals surface area (Å²) >= 11 is 0. The highest BCUT2D eigenvalue weighted by molar-refractivity contribution is 6.09. The molecule has 7 nitrogen and oxygen atoms in total. The van der Waals surface area contributed by atoms with E-state index in [-0.39, 0.29) is 23.2 Å². The van der Waals surface area contributed by atoms with E-state index in [1.807, 2.05) is 24.3 Å². The van der Waals surface area contributed by atoms with Crippen molar-refractivity contribution in [3.8, 4) is 11.4 Å². The molecule has 3 N–H and O–H groups in total. The fourth-order valence-corrected chi connectivity index (χ4v) is 4.12. The van der Waals surface area contributed by atoms with Gasteiger partial charge in [-0.1, -0.05) is 18.6 Å². The molecule has 0 saturated heterocycles. The number of aromatic hydroxyl groups is 1. The average Bonchev–Trinajstić information content (AvgIpc) is 3.04. The normalized spacial score (nSPS) is 14.9. The molecule has 0 atom stereocenters. The maximum absolute atomic E-state index is 13.2. The number of carbonyl (C=O) groups is 1. The van der Waals surface area contributed by atoms with Crippen molar-refractivity contribution >= 4 is 34.0 Å². The van der Waals surface area contributed by atoms with E-state index < -0.39 is 5.97 Å². The second-order valence-electron chi connectivity index (χ2n) is 7.66. The average molecular weight is 402 g/mol. The van der Waals surface area contributed by atoms with E-state index in [1.165, 1.54) is 6.42 Å². The Kier molecular flexibility index (Phi) is 4.50. The summed E-state index contributed by atoms with van der Waals surface area (Å²) in [5.41, 5.74) is 9.67. The van der Waals surface area contributed by atoms with Gasteiger partial charge in [-0.05, 0) is 62.1 Å². The van der Waals surface area contributed by atoms with E-state index in [0.29, 0.717) is 27.9 Å². The van der Waals surface area contributed by atoms with Gasteiger partial charge in [0, 0.05) is 5.69 Å². The summed E-state index contributed by atoms with van der Waals surface area (Å²) in [7, 11) is 0. The molecule has 0 spiro atoms. The third-order valence-corrected chi connectivity index (χ3v) is 5.64. The van der Waals surface area contributed by atoms with Gasteiger partial charge in [-0.25, -0.2) is 14.8 Å². The quantitative estimate of drug-likeness (QED) is 0.494. The van der Waals surface area contributed by atoms with Crippen LogP contribution in [0.5, 0.6) is 5.75 Å². The molecule has 0 bridgehead atoms. The standard InChI is InChI=1S/C23H22N4O3/c24-21-19(23(29)30-16-6-2-1-3-7-16)20-22(26-18-9-5-4-8-17(18)25-20)27(21)14-10-12-15(28)13-11-14/h4-5,8-13,16,28H,1-3,6-7,24H2. The highest BCUT2D eigenvalue weighted by atomic mass is 16.5. The number of aromatic nitrogens is 3. The molecular weight excluding hydrogens is 380 g/mol. The zero-order valence-corrected chi connectivity index (χ0v) is 16.4. The monoisotopic (exact) mass is 402 g/mol. The summed E-state index contributed by atoms with van der Waals surface area (Å²) in [6.07, 6.45) is 4.95. The van der Waals surface area contributed by atoms with Crippen LogP contribution in [0, 0.1) is 0 Å². The van der Waals surface area contributed by atoms with Gasteiger partial charge in [0.15, 0.2) is 5.65 Å². The van der Waals surface area contributed by atoms with Crippen LogP contribution in [0.3, 0.4) is 0 Å². The second-order valence-corrected chi connectivity index (χ2v) is 7.66. The number of hydrogen-bond acceptors (Lipinski definition) is 6. The Morgan fingerprint density at radius 3 is 2.37 bits per heavy atom. The Balaban J connectivity index is 1.70. The van der Waals surface area contributed by atoms with E-state index >= 15 is 0 Å². The Morgan fingerprint density at radius 1 is 1.00 bits per heavy atom. The molecule has 0 aliphatic heterocycles. The number of benzene rings is 2. The Labute approximate surface area is 173 Å². The van der Waals surface area contributed by atoms with Crippen LogP contribution in [-0.4, -0.2) is 31.7 Å². The fraction of sp³-hybridized carbons (Fsp3) is 0.261. The van der Waals surface area contributed by atoms with Gasteiger partial charge in [0.25, 0.3) is 0 Å². The molecule has 7 heteroatoms. The van der Waals surface area contributed by atoms with Gasteiger partial charge in [-0.2, -0.15) is 0 Å². The number of hydrogen-bond donors (Lipinski definition) is 2. The van der Waals surface area contributed by atoms with Crippen LogP contribution >= 0.6 is 0 Å². The third-order valence-electron chi connectivity index (χ3n) is 5.64. The Bertz CT molecular complexity index is 1240. The minimum atomic E-state index is -0.466. The zero-order chi connectivity index (χ0) is 20.7. The molecule has 1 saturated carbocycles. The van der Waals surface area contributed by atoms with E-state index in [2.05, 4.69) is 0 Å². The van der Waals surface area contributed by atoms with Gasteiger partial charge >= 0.3 is 5.97 Å². The molecule has 5 rings (SSSR count). The van der Waals surface area contributed by atoms with Crippen LogP contribution in [0.4, 0.5) is 5.82 Å². The molecule has 152 valence electrons. The van der Waals surface area contributed by atoms with E-state index in [0.717, 1.165) is 25.7 Å². The predicted octanol–water partition coefficient (Wildman–Crippen LogP) is 4.35. The van der Waals surface area contributed by atoms with Gasteiger partial charge in [0.1, 0.15) is 28.8 Å². The van der Waals surface area contributed by atoms with Crippen molar-refractivity contribution in [2.45, 2.75) is 38.2 Å². The molecule has 4 aromatic rings. The van der Waals surface area contributed by atoms with Crippen molar-refractivity contribution in [2.75, 3.05) is 5.73 Å². The van der Waals surface area contributed by atoms with Crippen LogP contribution in [-0.2, 0) is 4.74 Å². The SMILES string of the molecule is Nc1c(C(=O)OC2CCCCC2)c2nc3ccccc3nc2n1-c1ccc(O)cc1. The van der Waals surface area contributed by atoms with Gasteiger partial charge < -0.3 is 15.6 Å². The summed E-state index contributed by atoms with van der Waals surface area (Å²) in [6, 6.07) is 14.1. The number of nitrogens with zero attached hydrogens (tertiary/aromatic N) is 3. The lowest BCUT2D eigenvalue weighted by atomic mass is 9.98. The van der Waals surface area contributed by atoms with Crippen molar-refractivity contribution in [3.63, 3.8) is 0 Å². The summed E-state index contributed by atoms with van der Waals surface area (Å²) in [4.78, 5) is 22.6. The van der Waals surface area contributed by atoms with Gasteiger partial charge in [0.05, 0.1) is 11.0 Å². The molecule has 1 aliphatic rings. The second kappa shape index (κ2) is 7.33. The first-order valence-corrected chi connectivity index (χ1v) is 10.2. The maximum Gasteiger partial charge on any atom is 0.344 e. The largest absolute Gasteiger partial charge is 0.508 e. The number of carbonyl (C=O) groups excluding carboxylic acids is 1. The van der Waals surface area contributed by atoms with E-state index in [9.17, 15) is 9.90 Å². The first-order chi connectivity index (χ1) is 14.6. The number of rotatable bonds is 3. The Hall–Kier alpha value is -3.61. The summed E-state index contributed by atoms with van der Waals surface area (Å²) < 4.78 is 7.49. The number of para-hydroxylation sites is 2. The molecule has 0 amide bonds. The van der Waals surface area contributed by atoms with Crippen molar-refractivity contribution < 1.29 is 14.6 Å². The number of nitrogen functional groups attached to an aromatic ring is 1. The summed E-state index contributed by atoms with van der Waals surface area (Å²) in [6.45, 7) is 0. The number of esters is 1. The first kappa shape index (κ1) is 18.4. The summed E-state index contributed by atoms with van der Waals surface area (Å²) in [5, 5.41) is 9.66. The molecule has 1 aliphatic carbocycles. The number of phenols is 1. The van der Waals surface area contributed by atoms with Gasteiger partial charge in [-0.3, -0.25) is 4.57 Å². The van der Waals surface area contributed by atoms with Crippen LogP contribution in [0.25, 0.3) is 27.9 Å². The van der Waals surface area contributed by atoms with Gasteiger partial charge in [-0.15, -0.1) is 0 Å². The number of fused-ring (bicyclic) bond motifs is 2. The third kappa shape index (κ3) is 3.12. The zero-order valence-electron chi connectivity index (χ0n) is 16.4. The minimum Gasteiger partial charge on any atom is -0.508 e. The highest BCUT2D eigenvalue weighted by Crippen LogP contribution is 2.33. The smallest absolute Gasteiger partial charge is 0.344 e. The molecule has 1 fully saturated rings. The van der Waals surface area contributed by atoms with Crippen molar-refractivity contribution in [3.05, 3.63) is 54.1 Å². The lowest BCUT2D eigenvalue weighted by Gasteiger charge is -2.21. The van der Waals surface area contributed by atoms with Crippen LogP contribution in [0.15, 0.2) is 48.5 Å². The fourth-order valence-electron chi connectivity index (χ4n) is 4.12. The molecule has 0 radical (unpaired) electrons. The molecule has 2 aromatic heterocycles. The topological polar surface area (TPSA) is 103 Å². The molecule has 30 heavy (non-hydrogen) atoms. The molecule has 0 unspecified atom stereocenters. The van der Waals surface area contributed by atoms with Crippen molar-refractivity contribution in [1.82, 2.24) is 14.5 Å². The number of anilines is 1. The lowest BCUT2D eigenvalue weighted by Crippen LogP contribution is -2.21. The van der Waals surface area contributed by atoms with Gasteiger partial charge in [0.2, 0.25) is 0 Å². The maximum atomic E-state index is 13.2. The lowest BCUT2D eigenvalue weighted by molar-refractivity contribution is 0.0214. The highest BCUT2D eigenvalue weighted by Gasteiger charge is 2.28. The van der Waals surface area contributed by atoms with Crippen molar-refractivity contribution in [2.24, 2.45) is 0 Å². The van der Waals surface area contributed by atoms with Crippen LogP contribution in [0.1, 0.15) is 42.5 Å². The summed E-state index contributed by atoms with van der Waals surface area (Å²) in [5.74, 6) is -0.0967. The van der Waals surface area contributed by atoms with Crippen LogP contribution in [0.2, 0.25) is 0 Å². The van der Waals surface area contributed by atoms with E-state index in [1.54, 1.807) is 28.8 Å². The van der Waals surface area contributed by atoms with Crippen molar-refractivity contribution in [1.29, 1.82) is 0 Å². The molecule has 2 heterocycles. The number of phenolic OH excluding ortho intramolecular Hbond substituents is 1. The number of ether oxygens (including phenoxy) is 1. The van der Waals surface area contributed by atoms with Crippen LogP contribution < -0.4 is 5.73 Å².